The maximum absolute atomic E-state index is 13.3. The van der Waals surface area contributed by atoms with Gasteiger partial charge in [-0.1, -0.05) is 24.3 Å². The number of allylic oxidation sites excluding steroid dienone is 3. The van der Waals surface area contributed by atoms with Gasteiger partial charge in [0.15, 0.2) is 17.3 Å². The molecule has 146 valence electrons. The number of ketones is 1. The Morgan fingerprint density at radius 2 is 1.62 bits per heavy atom. The van der Waals surface area contributed by atoms with Crippen molar-refractivity contribution < 1.29 is 19.0 Å². The minimum atomic E-state index is -0.537. The second kappa shape index (κ2) is 7.02. The van der Waals surface area contributed by atoms with E-state index in [0.717, 1.165) is 22.5 Å². The topological polar surface area (TPSA) is 80.6 Å². The molecule has 0 fully saturated rings. The molecule has 0 aromatic heterocycles. The van der Waals surface area contributed by atoms with Gasteiger partial charge in [0.2, 0.25) is 5.75 Å². The van der Waals surface area contributed by atoms with Crippen molar-refractivity contribution in [3.63, 3.8) is 0 Å². The van der Waals surface area contributed by atoms with Crippen molar-refractivity contribution in [2.24, 2.45) is 0 Å². The van der Waals surface area contributed by atoms with E-state index in [4.69, 9.17) is 14.2 Å². The van der Waals surface area contributed by atoms with Gasteiger partial charge in [-0.25, -0.2) is 0 Å². The molecule has 29 heavy (non-hydrogen) atoms. The fourth-order valence-corrected chi connectivity index (χ4v) is 4.08. The fourth-order valence-electron chi connectivity index (χ4n) is 4.08. The van der Waals surface area contributed by atoms with E-state index in [1.54, 1.807) is 12.1 Å². The highest BCUT2D eigenvalue weighted by molar-refractivity contribution is 6.22. The Morgan fingerprint density at radius 1 is 1.00 bits per heavy atom. The molecule has 1 N–H and O–H groups in total. The maximum Gasteiger partial charge on any atom is 0.203 e. The van der Waals surface area contributed by atoms with Crippen LogP contribution in [0.1, 0.15) is 34.3 Å². The van der Waals surface area contributed by atoms with Crippen LogP contribution in [0.4, 0.5) is 0 Å². The first-order valence-electron chi connectivity index (χ1n) is 9.11. The molecule has 1 aliphatic heterocycles. The van der Waals surface area contributed by atoms with Gasteiger partial charge in [-0.05, 0) is 24.6 Å². The molecule has 2 aromatic rings. The fraction of sp³-hybridized carbons (Fsp3) is 0.217. The summed E-state index contributed by atoms with van der Waals surface area (Å²) >= 11 is 0. The summed E-state index contributed by atoms with van der Waals surface area (Å²) in [5, 5.41) is 13.2. The molecule has 1 atom stereocenters. The maximum atomic E-state index is 13.3. The summed E-state index contributed by atoms with van der Waals surface area (Å²) in [7, 11) is 4.61. The summed E-state index contributed by atoms with van der Waals surface area (Å²) in [6.07, 6.45) is 0. The van der Waals surface area contributed by atoms with Gasteiger partial charge in [-0.2, -0.15) is 5.26 Å². The van der Waals surface area contributed by atoms with Gasteiger partial charge in [0.05, 0.1) is 44.6 Å². The molecule has 0 amide bonds. The average Bonchev–Trinajstić information content (AvgIpc) is 3.03. The number of nitriles is 1. The standard InChI is InChI=1S/C23H20N2O4/c1-12-16(11-24)19(13-9-17(27-2)23(29-4)18(10-13)28-3)20-21(25-12)14-7-5-6-8-15(14)22(20)26/h5-10,19,25H,1-4H3/t19-/m1/s1. The van der Waals surface area contributed by atoms with Crippen LogP contribution >= 0.6 is 0 Å². The monoisotopic (exact) mass is 388 g/mol. The average molecular weight is 388 g/mol. The van der Waals surface area contributed by atoms with Crippen LogP contribution in [-0.2, 0) is 0 Å². The minimum absolute atomic E-state index is 0.0814. The van der Waals surface area contributed by atoms with Crippen molar-refractivity contribution in [2.75, 3.05) is 21.3 Å². The van der Waals surface area contributed by atoms with E-state index in [-0.39, 0.29) is 5.78 Å². The Morgan fingerprint density at radius 3 is 2.17 bits per heavy atom. The molecule has 0 spiro atoms. The number of carbonyl (C=O) groups is 1. The third-order valence-electron chi connectivity index (χ3n) is 5.39. The lowest BCUT2D eigenvalue weighted by molar-refractivity contribution is 0.103. The number of fused-ring (bicyclic) bond motifs is 2. The third-order valence-corrected chi connectivity index (χ3v) is 5.39. The van der Waals surface area contributed by atoms with Crippen LogP contribution in [-0.4, -0.2) is 27.1 Å². The number of Topliss-reactive ketones (excluding diaryl/α,β-unsaturated/α-hetero) is 1. The van der Waals surface area contributed by atoms with E-state index < -0.39 is 5.92 Å². The van der Waals surface area contributed by atoms with Crippen molar-refractivity contribution in [2.45, 2.75) is 12.8 Å². The molecule has 6 nitrogen and oxygen atoms in total. The number of ether oxygens (including phenoxy) is 3. The quantitative estimate of drug-likeness (QED) is 0.858. The van der Waals surface area contributed by atoms with Crippen molar-refractivity contribution in [1.82, 2.24) is 5.32 Å². The molecule has 1 aliphatic carbocycles. The second-order valence-corrected chi connectivity index (χ2v) is 6.83. The lowest BCUT2D eigenvalue weighted by Crippen LogP contribution is -2.24. The molecule has 1 heterocycles. The van der Waals surface area contributed by atoms with Crippen LogP contribution in [0.15, 0.2) is 53.2 Å². The van der Waals surface area contributed by atoms with Crippen molar-refractivity contribution in [3.05, 3.63) is 69.9 Å². The van der Waals surface area contributed by atoms with E-state index in [1.807, 2.05) is 31.2 Å². The molecule has 0 saturated carbocycles. The normalized spacial score (nSPS) is 17.3. The third kappa shape index (κ3) is 2.66. The summed E-state index contributed by atoms with van der Waals surface area (Å²) in [5.74, 6) is 0.787. The van der Waals surface area contributed by atoms with Crippen LogP contribution < -0.4 is 19.5 Å². The first-order valence-corrected chi connectivity index (χ1v) is 9.11. The van der Waals surface area contributed by atoms with Crippen LogP contribution in [0.2, 0.25) is 0 Å². The molecule has 4 rings (SSSR count). The van der Waals surface area contributed by atoms with Gasteiger partial charge < -0.3 is 19.5 Å². The second-order valence-electron chi connectivity index (χ2n) is 6.83. The number of hydrogen-bond acceptors (Lipinski definition) is 6. The summed E-state index contributed by atoms with van der Waals surface area (Å²) in [6.45, 7) is 1.85. The Kier molecular flexibility index (Phi) is 4.51. The largest absolute Gasteiger partial charge is 0.493 e. The Hall–Kier alpha value is -3.72. The van der Waals surface area contributed by atoms with E-state index in [1.165, 1.54) is 21.3 Å². The van der Waals surface area contributed by atoms with E-state index in [2.05, 4.69) is 11.4 Å². The minimum Gasteiger partial charge on any atom is -0.493 e. The molecule has 2 aliphatic rings. The summed E-state index contributed by atoms with van der Waals surface area (Å²) < 4.78 is 16.4. The van der Waals surface area contributed by atoms with Crippen LogP contribution in [0, 0.1) is 11.3 Å². The molecular weight excluding hydrogens is 368 g/mol. The summed E-state index contributed by atoms with van der Waals surface area (Å²) in [4.78, 5) is 13.3. The van der Waals surface area contributed by atoms with Gasteiger partial charge in [0.25, 0.3) is 0 Å². The van der Waals surface area contributed by atoms with Gasteiger partial charge in [0, 0.05) is 22.4 Å². The highest BCUT2D eigenvalue weighted by Gasteiger charge is 2.41. The smallest absolute Gasteiger partial charge is 0.203 e. The number of hydrogen-bond donors (Lipinski definition) is 1. The predicted molar refractivity (Wildman–Crippen MR) is 108 cm³/mol. The first kappa shape index (κ1) is 18.6. The Balaban J connectivity index is 1.98. The van der Waals surface area contributed by atoms with Crippen molar-refractivity contribution in [3.8, 4) is 23.3 Å². The first-order chi connectivity index (χ1) is 14.0. The van der Waals surface area contributed by atoms with Crippen LogP contribution in [0.3, 0.4) is 0 Å². The van der Waals surface area contributed by atoms with E-state index in [0.29, 0.717) is 34.0 Å². The van der Waals surface area contributed by atoms with Gasteiger partial charge in [-0.3, -0.25) is 4.79 Å². The predicted octanol–water partition coefficient (Wildman–Crippen LogP) is 3.80. The zero-order chi connectivity index (χ0) is 20.7. The molecule has 0 unspecified atom stereocenters. The highest BCUT2D eigenvalue weighted by atomic mass is 16.5. The molecule has 2 aromatic carbocycles. The molecular formula is C23H20N2O4. The SMILES string of the molecule is COc1cc([C@@H]2C(C#N)=C(C)NC3=C2C(=O)c2ccccc23)cc(OC)c1OC. The zero-order valence-corrected chi connectivity index (χ0v) is 16.6. The molecule has 6 heteroatoms. The van der Waals surface area contributed by atoms with Gasteiger partial charge >= 0.3 is 0 Å². The van der Waals surface area contributed by atoms with Crippen LogP contribution in [0.5, 0.6) is 17.2 Å². The zero-order valence-electron chi connectivity index (χ0n) is 16.6. The van der Waals surface area contributed by atoms with Gasteiger partial charge in [-0.15, -0.1) is 0 Å². The Labute approximate surface area is 169 Å². The van der Waals surface area contributed by atoms with E-state index in [9.17, 15) is 10.1 Å². The number of carbonyl (C=O) groups excluding carboxylic acids is 1. The number of nitrogens with one attached hydrogen (secondary N) is 1. The van der Waals surface area contributed by atoms with Crippen molar-refractivity contribution >= 4 is 11.5 Å². The highest BCUT2D eigenvalue weighted by Crippen LogP contribution is 2.49. The van der Waals surface area contributed by atoms with E-state index >= 15 is 0 Å². The number of rotatable bonds is 4. The summed E-state index contributed by atoms with van der Waals surface area (Å²) in [5.41, 5.74) is 4.72. The van der Waals surface area contributed by atoms with Crippen LogP contribution in [0.25, 0.3) is 5.70 Å². The number of methoxy groups -OCH3 is 3. The molecule has 0 saturated heterocycles. The number of benzene rings is 2. The lowest BCUT2D eigenvalue weighted by Gasteiger charge is -2.28. The van der Waals surface area contributed by atoms with Gasteiger partial charge in [0.1, 0.15) is 0 Å². The molecule has 0 radical (unpaired) electrons. The molecule has 0 bridgehead atoms. The number of dihydropyridines is 1. The van der Waals surface area contributed by atoms with Crippen molar-refractivity contribution in [1.29, 1.82) is 5.26 Å². The summed E-state index contributed by atoms with van der Waals surface area (Å²) in [6, 6.07) is 13.3. The number of nitrogens with zero attached hydrogens (tertiary/aromatic N) is 1. The lowest BCUT2D eigenvalue weighted by atomic mass is 9.80. The Bertz CT molecular complexity index is 1110.